The van der Waals surface area contributed by atoms with E-state index in [0.717, 1.165) is 31.6 Å². The number of likely N-dealkylation sites (tertiary alicyclic amines) is 1. The summed E-state index contributed by atoms with van der Waals surface area (Å²) in [6.45, 7) is 12.2. The van der Waals surface area contributed by atoms with E-state index in [1.807, 2.05) is 0 Å². The second-order valence-electron chi connectivity index (χ2n) is 5.65. The van der Waals surface area contributed by atoms with Gasteiger partial charge in [0.2, 0.25) is 0 Å². The molecule has 1 saturated heterocycles. The van der Waals surface area contributed by atoms with Crippen LogP contribution in [-0.4, -0.2) is 42.6 Å². The number of hydrogen-bond acceptors (Lipinski definition) is 2. The van der Waals surface area contributed by atoms with E-state index in [2.05, 4.69) is 41.6 Å². The summed E-state index contributed by atoms with van der Waals surface area (Å²) in [4.78, 5) is 3.22. The van der Waals surface area contributed by atoms with Crippen molar-refractivity contribution < 1.29 is 4.74 Å². The van der Waals surface area contributed by atoms with Crippen molar-refractivity contribution in [1.29, 1.82) is 0 Å². The first-order valence-electron chi connectivity index (χ1n) is 7.03. The van der Waals surface area contributed by atoms with Gasteiger partial charge in [-0.25, -0.2) is 0 Å². The SMILES string of the molecule is CC(C)CCOCCN1CCC(C(C)Br)CC1. The molecule has 3 heteroatoms. The van der Waals surface area contributed by atoms with E-state index in [4.69, 9.17) is 4.74 Å². The topological polar surface area (TPSA) is 12.5 Å². The zero-order chi connectivity index (χ0) is 12.7. The minimum absolute atomic E-state index is 0.673. The van der Waals surface area contributed by atoms with E-state index >= 15 is 0 Å². The smallest absolute Gasteiger partial charge is 0.0593 e. The van der Waals surface area contributed by atoms with Crippen LogP contribution in [0.1, 0.15) is 40.0 Å². The quantitative estimate of drug-likeness (QED) is 0.527. The maximum absolute atomic E-state index is 5.67. The summed E-state index contributed by atoms with van der Waals surface area (Å²) in [7, 11) is 0. The van der Waals surface area contributed by atoms with Crippen LogP contribution < -0.4 is 0 Å². The molecule has 17 heavy (non-hydrogen) atoms. The number of alkyl halides is 1. The molecule has 1 rings (SSSR count). The predicted octanol–water partition coefficient (Wildman–Crippen LogP) is 3.54. The molecule has 1 fully saturated rings. The molecule has 0 amide bonds. The Labute approximate surface area is 115 Å². The Bertz CT molecular complexity index is 189. The zero-order valence-electron chi connectivity index (χ0n) is 11.6. The van der Waals surface area contributed by atoms with Crippen LogP contribution >= 0.6 is 15.9 Å². The summed E-state index contributed by atoms with van der Waals surface area (Å²) in [5, 5.41) is 0. The molecule has 0 aliphatic carbocycles. The fourth-order valence-corrected chi connectivity index (χ4v) is 2.78. The van der Waals surface area contributed by atoms with Crippen molar-refractivity contribution >= 4 is 15.9 Å². The molecule has 0 aromatic carbocycles. The van der Waals surface area contributed by atoms with Gasteiger partial charge in [0.05, 0.1) is 6.61 Å². The van der Waals surface area contributed by atoms with E-state index < -0.39 is 0 Å². The molecule has 1 aliphatic rings. The molecule has 0 radical (unpaired) electrons. The van der Waals surface area contributed by atoms with Gasteiger partial charge in [-0.3, -0.25) is 0 Å². The van der Waals surface area contributed by atoms with Crippen LogP contribution in [0.5, 0.6) is 0 Å². The van der Waals surface area contributed by atoms with Crippen LogP contribution in [-0.2, 0) is 4.74 Å². The Morgan fingerprint density at radius 3 is 2.35 bits per heavy atom. The van der Waals surface area contributed by atoms with Crippen molar-refractivity contribution in [2.45, 2.75) is 44.9 Å². The van der Waals surface area contributed by atoms with Crippen LogP contribution in [0, 0.1) is 11.8 Å². The standard InChI is InChI=1S/C14H28BrNO/c1-12(2)6-10-17-11-9-16-7-4-14(5-8-16)13(3)15/h12-14H,4-11H2,1-3H3. The first-order chi connectivity index (χ1) is 8.09. The molecule has 0 N–H and O–H groups in total. The van der Waals surface area contributed by atoms with Gasteiger partial charge in [0, 0.05) is 18.0 Å². The number of hydrogen-bond donors (Lipinski definition) is 0. The highest BCUT2D eigenvalue weighted by molar-refractivity contribution is 9.09. The number of nitrogens with zero attached hydrogens (tertiary/aromatic N) is 1. The van der Waals surface area contributed by atoms with Gasteiger partial charge < -0.3 is 9.64 Å². The summed E-state index contributed by atoms with van der Waals surface area (Å²) in [6.07, 6.45) is 3.85. The molecule has 102 valence electrons. The van der Waals surface area contributed by atoms with Gasteiger partial charge >= 0.3 is 0 Å². The number of ether oxygens (including phenoxy) is 1. The summed E-state index contributed by atoms with van der Waals surface area (Å²) in [5.74, 6) is 1.62. The average molecular weight is 306 g/mol. The third-order valence-electron chi connectivity index (χ3n) is 3.67. The first kappa shape index (κ1) is 15.5. The molecule has 0 bridgehead atoms. The van der Waals surface area contributed by atoms with Crippen LogP contribution in [0.4, 0.5) is 0 Å². The molecule has 1 unspecified atom stereocenters. The predicted molar refractivity (Wildman–Crippen MR) is 77.8 cm³/mol. The Morgan fingerprint density at radius 2 is 1.82 bits per heavy atom. The highest BCUT2D eigenvalue weighted by Crippen LogP contribution is 2.24. The van der Waals surface area contributed by atoms with Gasteiger partial charge in [-0.1, -0.05) is 36.7 Å². The lowest BCUT2D eigenvalue weighted by atomic mass is 9.94. The largest absolute Gasteiger partial charge is 0.380 e. The van der Waals surface area contributed by atoms with E-state index in [9.17, 15) is 0 Å². The lowest BCUT2D eigenvalue weighted by molar-refractivity contribution is 0.0829. The molecule has 1 aliphatic heterocycles. The molecule has 1 atom stereocenters. The summed E-state index contributed by atoms with van der Waals surface area (Å²) in [5.41, 5.74) is 0. The third kappa shape index (κ3) is 6.78. The van der Waals surface area contributed by atoms with E-state index in [0.29, 0.717) is 4.83 Å². The zero-order valence-corrected chi connectivity index (χ0v) is 13.2. The van der Waals surface area contributed by atoms with Gasteiger partial charge in [-0.05, 0) is 44.2 Å². The van der Waals surface area contributed by atoms with Crippen LogP contribution in [0.25, 0.3) is 0 Å². The minimum Gasteiger partial charge on any atom is -0.380 e. The lowest BCUT2D eigenvalue weighted by Gasteiger charge is -2.33. The molecular formula is C14H28BrNO. The van der Waals surface area contributed by atoms with E-state index in [1.54, 1.807) is 0 Å². The Balaban J connectivity index is 1.99. The van der Waals surface area contributed by atoms with Gasteiger partial charge in [-0.15, -0.1) is 0 Å². The highest BCUT2D eigenvalue weighted by Gasteiger charge is 2.21. The molecule has 0 aromatic rings. The van der Waals surface area contributed by atoms with E-state index in [-0.39, 0.29) is 0 Å². The Kier molecular flexibility index (Phi) is 7.72. The van der Waals surface area contributed by atoms with Gasteiger partial charge in [0.25, 0.3) is 0 Å². The van der Waals surface area contributed by atoms with Crippen molar-refractivity contribution in [3.8, 4) is 0 Å². The molecule has 1 heterocycles. The minimum atomic E-state index is 0.673. The maximum atomic E-state index is 5.67. The number of piperidine rings is 1. The monoisotopic (exact) mass is 305 g/mol. The number of rotatable bonds is 7. The van der Waals surface area contributed by atoms with Crippen molar-refractivity contribution in [1.82, 2.24) is 4.90 Å². The van der Waals surface area contributed by atoms with Gasteiger partial charge in [0.15, 0.2) is 0 Å². The third-order valence-corrected chi connectivity index (χ3v) is 4.42. The van der Waals surface area contributed by atoms with Crippen LogP contribution in [0.15, 0.2) is 0 Å². The normalized spacial score (nSPS) is 21.0. The average Bonchev–Trinajstić information content (AvgIpc) is 2.29. The van der Waals surface area contributed by atoms with Crippen molar-refractivity contribution in [3.63, 3.8) is 0 Å². The first-order valence-corrected chi connectivity index (χ1v) is 7.95. The second-order valence-corrected chi connectivity index (χ2v) is 7.10. The van der Waals surface area contributed by atoms with Crippen molar-refractivity contribution in [2.75, 3.05) is 32.8 Å². The lowest BCUT2D eigenvalue weighted by Crippen LogP contribution is -2.37. The fraction of sp³-hybridized carbons (Fsp3) is 1.00. The summed E-state index contributed by atoms with van der Waals surface area (Å²) < 4.78 is 5.67. The Morgan fingerprint density at radius 1 is 1.18 bits per heavy atom. The van der Waals surface area contributed by atoms with Gasteiger partial charge in [0.1, 0.15) is 0 Å². The van der Waals surface area contributed by atoms with Crippen LogP contribution in [0.2, 0.25) is 0 Å². The maximum Gasteiger partial charge on any atom is 0.0593 e. The van der Waals surface area contributed by atoms with Crippen molar-refractivity contribution in [2.24, 2.45) is 11.8 Å². The fourth-order valence-electron chi connectivity index (χ4n) is 2.25. The van der Waals surface area contributed by atoms with Crippen molar-refractivity contribution in [3.05, 3.63) is 0 Å². The van der Waals surface area contributed by atoms with E-state index in [1.165, 1.54) is 32.4 Å². The number of halogens is 1. The molecule has 0 saturated carbocycles. The molecule has 0 spiro atoms. The highest BCUT2D eigenvalue weighted by atomic mass is 79.9. The summed E-state index contributed by atoms with van der Waals surface area (Å²) in [6, 6.07) is 0. The Hall–Kier alpha value is 0.400. The molecule has 0 aromatic heterocycles. The molecular weight excluding hydrogens is 278 g/mol. The van der Waals surface area contributed by atoms with Crippen LogP contribution in [0.3, 0.4) is 0 Å². The molecule has 2 nitrogen and oxygen atoms in total. The second kappa shape index (κ2) is 8.49. The summed E-state index contributed by atoms with van der Waals surface area (Å²) >= 11 is 3.70. The van der Waals surface area contributed by atoms with Gasteiger partial charge in [-0.2, -0.15) is 0 Å².